The second kappa shape index (κ2) is 10.7. The second-order valence-electron chi connectivity index (χ2n) is 7.46. The molecule has 2 aromatic rings. The lowest BCUT2D eigenvalue weighted by atomic mass is 9.91. The average molecular weight is 447 g/mol. The number of hydrogen-bond acceptors (Lipinski definition) is 6. The van der Waals surface area contributed by atoms with Crippen LogP contribution in [0, 0.1) is 17.8 Å². The Morgan fingerprint density at radius 1 is 1.25 bits per heavy atom. The van der Waals surface area contributed by atoms with Crippen LogP contribution >= 0.6 is 11.8 Å². The van der Waals surface area contributed by atoms with E-state index in [1.54, 1.807) is 23.6 Å². The maximum Gasteiger partial charge on any atom is 0.277 e. The summed E-state index contributed by atoms with van der Waals surface area (Å²) in [4.78, 5) is 12.8. The van der Waals surface area contributed by atoms with Crippen molar-refractivity contribution in [3.8, 4) is 18.1 Å². The third-order valence-corrected chi connectivity index (χ3v) is 5.65. The summed E-state index contributed by atoms with van der Waals surface area (Å²) in [5.74, 6) is 1.98. The van der Waals surface area contributed by atoms with E-state index in [0.717, 1.165) is 19.3 Å². The van der Waals surface area contributed by atoms with Crippen LogP contribution in [0.1, 0.15) is 36.5 Å². The quantitative estimate of drug-likeness (QED) is 0.207. The van der Waals surface area contributed by atoms with Crippen molar-refractivity contribution in [2.24, 2.45) is 5.10 Å². The Morgan fingerprint density at radius 3 is 2.69 bits per heavy atom. The third kappa shape index (κ3) is 5.40. The van der Waals surface area contributed by atoms with E-state index in [1.165, 1.54) is 36.2 Å². The number of carbonyl (C=O) groups is 1. The number of aromatic hydroxyl groups is 1. The molecule has 2 aromatic carbocycles. The first-order valence-corrected chi connectivity index (χ1v) is 11.6. The minimum absolute atomic E-state index is 0.00445. The standard InChI is InChI=1S/C25H26N4O2S/c1-4-17(15-32-3)21-10-7-11-22(24(21)30)28-29-23(16(2)26)25(31)27-20-13-12-18-8-5-6-9-19(18)14-20/h1,7,10-15,26,28,30H,5-6,8-9H2,2-3H3,(H,27,31)/b17-15+,26-16?,29-23-. The monoisotopic (exact) mass is 446 g/mol. The number of nitrogens with zero attached hydrogens (tertiary/aromatic N) is 1. The van der Waals surface area contributed by atoms with Crippen LogP contribution in [0.5, 0.6) is 5.75 Å². The number of aryl methyl sites for hydroxylation is 2. The number of hydrazone groups is 1. The number of nitrogens with one attached hydrogen (secondary N) is 3. The van der Waals surface area contributed by atoms with E-state index in [2.05, 4.69) is 21.8 Å². The van der Waals surface area contributed by atoms with Crippen molar-refractivity contribution < 1.29 is 9.90 Å². The summed E-state index contributed by atoms with van der Waals surface area (Å²) in [5, 5.41) is 27.3. The van der Waals surface area contributed by atoms with Gasteiger partial charge in [0.25, 0.3) is 5.91 Å². The Hall–Kier alpha value is -3.50. The molecule has 1 amide bonds. The number of allylic oxidation sites excluding steroid dienone is 1. The van der Waals surface area contributed by atoms with Crippen molar-refractivity contribution in [2.45, 2.75) is 32.6 Å². The van der Waals surface area contributed by atoms with Gasteiger partial charge in [-0.3, -0.25) is 10.2 Å². The number of thioether (sulfide) groups is 1. The lowest BCUT2D eigenvalue weighted by molar-refractivity contribution is -0.110. The number of carbonyl (C=O) groups excluding carboxylic acids is 1. The van der Waals surface area contributed by atoms with Gasteiger partial charge in [-0.25, -0.2) is 0 Å². The number of hydrogen-bond donors (Lipinski definition) is 4. The zero-order valence-electron chi connectivity index (χ0n) is 18.2. The van der Waals surface area contributed by atoms with Crippen LogP contribution in [0.4, 0.5) is 11.4 Å². The number of para-hydroxylation sites is 1. The molecule has 3 rings (SSSR count). The van der Waals surface area contributed by atoms with Gasteiger partial charge in [-0.05, 0) is 79.7 Å². The molecule has 0 aliphatic heterocycles. The van der Waals surface area contributed by atoms with Crippen molar-refractivity contribution in [2.75, 3.05) is 17.0 Å². The Bertz CT molecular complexity index is 1150. The van der Waals surface area contributed by atoms with Crippen LogP contribution in [0.2, 0.25) is 0 Å². The fraction of sp³-hybridized carbons (Fsp3) is 0.240. The summed E-state index contributed by atoms with van der Waals surface area (Å²) in [6.45, 7) is 1.49. The highest BCUT2D eigenvalue weighted by atomic mass is 32.2. The number of anilines is 2. The molecule has 0 saturated heterocycles. The molecule has 0 fully saturated rings. The van der Waals surface area contributed by atoms with E-state index in [0.29, 0.717) is 16.8 Å². The van der Waals surface area contributed by atoms with E-state index < -0.39 is 5.91 Å². The zero-order chi connectivity index (χ0) is 23.1. The van der Waals surface area contributed by atoms with Gasteiger partial charge in [0.1, 0.15) is 5.75 Å². The fourth-order valence-corrected chi connectivity index (χ4v) is 4.00. The summed E-state index contributed by atoms with van der Waals surface area (Å²) in [7, 11) is 0. The molecule has 4 N–H and O–H groups in total. The number of amides is 1. The minimum atomic E-state index is -0.497. The van der Waals surface area contributed by atoms with Gasteiger partial charge >= 0.3 is 0 Å². The summed E-state index contributed by atoms with van der Waals surface area (Å²) in [6.07, 6.45) is 11.8. The molecule has 7 heteroatoms. The van der Waals surface area contributed by atoms with Gasteiger partial charge in [0.2, 0.25) is 0 Å². The van der Waals surface area contributed by atoms with Crippen molar-refractivity contribution in [3.05, 3.63) is 58.5 Å². The Labute approximate surface area is 192 Å². The average Bonchev–Trinajstić information content (AvgIpc) is 2.78. The maximum absolute atomic E-state index is 12.8. The summed E-state index contributed by atoms with van der Waals surface area (Å²) >= 11 is 1.43. The zero-order valence-corrected chi connectivity index (χ0v) is 19.0. The van der Waals surface area contributed by atoms with Gasteiger partial charge in [-0.1, -0.05) is 18.1 Å². The van der Waals surface area contributed by atoms with Crippen molar-refractivity contribution in [1.29, 1.82) is 5.41 Å². The predicted octanol–water partition coefficient (Wildman–Crippen LogP) is 5.05. The minimum Gasteiger partial charge on any atom is -0.505 e. The number of terminal acetylenes is 1. The van der Waals surface area contributed by atoms with E-state index >= 15 is 0 Å². The van der Waals surface area contributed by atoms with Crippen molar-refractivity contribution in [3.63, 3.8) is 0 Å². The van der Waals surface area contributed by atoms with E-state index in [1.807, 2.05) is 24.5 Å². The number of phenolic OH excluding ortho intramolecular Hbond substituents is 1. The molecule has 0 heterocycles. The third-order valence-electron chi connectivity index (χ3n) is 5.18. The van der Waals surface area contributed by atoms with Crippen LogP contribution in [0.25, 0.3) is 5.57 Å². The lowest BCUT2D eigenvalue weighted by Crippen LogP contribution is -2.29. The topological polar surface area (TPSA) is 97.6 Å². The highest BCUT2D eigenvalue weighted by molar-refractivity contribution is 8.01. The van der Waals surface area contributed by atoms with Gasteiger partial charge in [-0.15, -0.1) is 18.2 Å². The normalized spacial score (nSPS) is 13.7. The van der Waals surface area contributed by atoms with Gasteiger partial charge in [0.05, 0.1) is 11.4 Å². The molecule has 0 atom stereocenters. The van der Waals surface area contributed by atoms with Crippen LogP contribution in [-0.2, 0) is 17.6 Å². The SMILES string of the molecule is C#C/C(=C\SC)c1cccc(N/N=C(/C(C)=N)C(=O)Nc2ccc3c(c2)CCCC3)c1O. The molecule has 164 valence electrons. The Morgan fingerprint density at radius 2 is 2.00 bits per heavy atom. The van der Waals surface area contributed by atoms with Crippen molar-refractivity contribution in [1.82, 2.24) is 0 Å². The van der Waals surface area contributed by atoms with Crippen LogP contribution in [0.15, 0.2) is 46.9 Å². The van der Waals surface area contributed by atoms with E-state index in [9.17, 15) is 9.90 Å². The molecule has 6 nitrogen and oxygen atoms in total. The van der Waals surface area contributed by atoms with Crippen molar-refractivity contribution >= 4 is 46.0 Å². The predicted molar refractivity (Wildman–Crippen MR) is 135 cm³/mol. The molecule has 0 unspecified atom stereocenters. The first-order valence-electron chi connectivity index (χ1n) is 10.3. The molecular formula is C25H26N4O2S. The van der Waals surface area contributed by atoms with Gasteiger partial charge in [0, 0.05) is 16.8 Å². The van der Waals surface area contributed by atoms with Gasteiger partial charge in [-0.2, -0.15) is 5.10 Å². The summed E-state index contributed by atoms with van der Waals surface area (Å²) in [5.41, 5.74) is 7.18. The molecule has 1 aliphatic carbocycles. The first kappa shape index (κ1) is 23.2. The van der Waals surface area contributed by atoms with Gasteiger partial charge < -0.3 is 15.8 Å². The van der Waals surface area contributed by atoms with E-state index in [-0.39, 0.29) is 22.9 Å². The first-order chi connectivity index (χ1) is 15.4. The van der Waals surface area contributed by atoms with E-state index in [4.69, 9.17) is 11.8 Å². The Kier molecular flexibility index (Phi) is 7.74. The molecule has 1 aliphatic rings. The molecule has 0 radical (unpaired) electrons. The number of phenols is 1. The molecule has 0 spiro atoms. The largest absolute Gasteiger partial charge is 0.505 e. The molecule has 0 bridgehead atoms. The fourth-order valence-electron chi connectivity index (χ4n) is 3.57. The summed E-state index contributed by atoms with van der Waals surface area (Å²) in [6, 6.07) is 11.0. The Balaban J connectivity index is 1.81. The summed E-state index contributed by atoms with van der Waals surface area (Å²) < 4.78 is 0. The number of rotatable bonds is 7. The molecule has 32 heavy (non-hydrogen) atoms. The van der Waals surface area contributed by atoms with Gasteiger partial charge in [0.15, 0.2) is 5.71 Å². The van der Waals surface area contributed by atoms with Crippen LogP contribution in [0.3, 0.4) is 0 Å². The number of benzene rings is 2. The smallest absolute Gasteiger partial charge is 0.277 e. The molecule has 0 saturated carbocycles. The van der Waals surface area contributed by atoms with Crippen LogP contribution < -0.4 is 10.7 Å². The van der Waals surface area contributed by atoms with Crippen LogP contribution in [-0.4, -0.2) is 28.7 Å². The lowest BCUT2D eigenvalue weighted by Gasteiger charge is -2.17. The second-order valence-corrected chi connectivity index (χ2v) is 8.16. The highest BCUT2D eigenvalue weighted by Crippen LogP contribution is 2.33. The highest BCUT2D eigenvalue weighted by Gasteiger charge is 2.17. The number of fused-ring (bicyclic) bond motifs is 1. The maximum atomic E-state index is 12.8. The molecule has 0 aromatic heterocycles. The molecular weight excluding hydrogens is 420 g/mol.